The fourth-order valence-electron chi connectivity index (χ4n) is 2.53. The van der Waals surface area contributed by atoms with Crippen LogP contribution in [0.2, 0.25) is 0 Å². The molecule has 3 N–H and O–H groups in total. The Morgan fingerprint density at radius 2 is 2.19 bits per heavy atom. The summed E-state index contributed by atoms with van der Waals surface area (Å²) in [4.78, 5) is 16.3. The summed E-state index contributed by atoms with van der Waals surface area (Å²) >= 11 is 1.72. The minimum atomic E-state index is 0. The quantitative estimate of drug-likeness (QED) is 0.772. The van der Waals surface area contributed by atoms with E-state index in [1.165, 1.54) is 5.01 Å². The second-order valence-electron chi connectivity index (χ2n) is 5.40. The van der Waals surface area contributed by atoms with Gasteiger partial charge in [-0.25, -0.2) is 4.98 Å². The molecule has 1 aliphatic carbocycles. The molecule has 0 aliphatic heterocycles. The van der Waals surface area contributed by atoms with E-state index in [9.17, 15) is 4.79 Å². The van der Waals surface area contributed by atoms with Crippen LogP contribution in [0.4, 0.5) is 0 Å². The molecule has 1 fully saturated rings. The topological polar surface area (TPSA) is 68.0 Å². The van der Waals surface area contributed by atoms with E-state index in [2.05, 4.69) is 15.7 Å². The summed E-state index contributed by atoms with van der Waals surface area (Å²) in [6.07, 6.45) is 5.90. The van der Waals surface area contributed by atoms with E-state index < -0.39 is 0 Å². The smallest absolute Gasteiger partial charge is 0.223 e. The largest absolute Gasteiger partial charge is 0.356 e. The number of nitrogens with two attached hydrogens (primary N) is 1. The number of amides is 1. The first-order valence-electron chi connectivity index (χ1n) is 7.09. The summed E-state index contributed by atoms with van der Waals surface area (Å²) in [5, 5.41) is 6.31. The van der Waals surface area contributed by atoms with Crippen LogP contribution < -0.4 is 11.1 Å². The van der Waals surface area contributed by atoms with E-state index in [0.29, 0.717) is 0 Å². The van der Waals surface area contributed by atoms with Crippen LogP contribution in [0.5, 0.6) is 0 Å². The molecule has 4 nitrogen and oxygen atoms in total. The zero-order valence-electron chi connectivity index (χ0n) is 12.3. The third kappa shape index (κ3) is 6.96. The van der Waals surface area contributed by atoms with Crippen LogP contribution in [-0.4, -0.2) is 23.5 Å². The SMILES string of the molecule is Cc1csc(CCCCNC(=O)C2CCC(N)C2)n1.Cl.Cl. The van der Waals surface area contributed by atoms with Gasteiger partial charge in [-0.3, -0.25) is 4.79 Å². The first-order chi connectivity index (χ1) is 9.15. The molecule has 1 heterocycles. The molecule has 0 saturated heterocycles. The second-order valence-corrected chi connectivity index (χ2v) is 6.34. The standard InChI is InChI=1S/C14H23N3OS.2ClH/c1-10-9-19-13(17-10)4-2-3-7-16-14(18)11-5-6-12(15)8-11;;/h9,11-12H,2-8,15H2,1H3,(H,16,18);2*1H. The molecule has 0 radical (unpaired) electrons. The highest BCUT2D eigenvalue weighted by Gasteiger charge is 2.27. The zero-order valence-corrected chi connectivity index (χ0v) is 14.8. The Morgan fingerprint density at radius 1 is 1.43 bits per heavy atom. The van der Waals surface area contributed by atoms with Crippen molar-refractivity contribution in [1.29, 1.82) is 0 Å². The van der Waals surface area contributed by atoms with Crippen LogP contribution in [0, 0.1) is 12.8 Å². The molecule has 2 rings (SSSR count). The number of hydrogen-bond acceptors (Lipinski definition) is 4. The van der Waals surface area contributed by atoms with E-state index in [1.54, 1.807) is 11.3 Å². The molecule has 122 valence electrons. The highest BCUT2D eigenvalue weighted by molar-refractivity contribution is 7.09. The van der Waals surface area contributed by atoms with Crippen LogP contribution in [0.25, 0.3) is 0 Å². The van der Waals surface area contributed by atoms with Crippen LogP contribution >= 0.6 is 36.2 Å². The van der Waals surface area contributed by atoms with Gasteiger partial charge >= 0.3 is 0 Å². The average molecular weight is 354 g/mol. The molecule has 1 aliphatic rings. The first-order valence-corrected chi connectivity index (χ1v) is 7.97. The third-order valence-electron chi connectivity index (χ3n) is 3.63. The number of halogens is 2. The van der Waals surface area contributed by atoms with Crippen molar-refractivity contribution in [3.63, 3.8) is 0 Å². The maximum atomic E-state index is 11.9. The maximum Gasteiger partial charge on any atom is 0.223 e. The van der Waals surface area contributed by atoms with Crippen molar-refractivity contribution >= 4 is 42.1 Å². The monoisotopic (exact) mass is 353 g/mol. The average Bonchev–Trinajstić information content (AvgIpc) is 2.98. The van der Waals surface area contributed by atoms with Gasteiger partial charge in [-0.05, 0) is 45.4 Å². The van der Waals surface area contributed by atoms with Crippen molar-refractivity contribution < 1.29 is 4.79 Å². The number of nitrogens with one attached hydrogen (secondary N) is 1. The number of thiazole rings is 1. The van der Waals surface area contributed by atoms with E-state index in [4.69, 9.17) is 5.73 Å². The Kier molecular flexibility index (Phi) is 10.2. The van der Waals surface area contributed by atoms with Crippen LogP contribution in [0.15, 0.2) is 5.38 Å². The molecular weight excluding hydrogens is 329 g/mol. The Labute approximate surface area is 143 Å². The number of carbonyl (C=O) groups excluding carboxylic acids is 1. The summed E-state index contributed by atoms with van der Waals surface area (Å²) in [6.45, 7) is 2.79. The molecule has 1 saturated carbocycles. The molecule has 0 aromatic carbocycles. The van der Waals surface area contributed by atoms with Gasteiger partial charge in [0.2, 0.25) is 5.91 Å². The Bertz CT molecular complexity index is 428. The van der Waals surface area contributed by atoms with Gasteiger partial charge in [0.05, 0.1) is 5.01 Å². The molecule has 7 heteroatoms. The molecule has 21 heavy (non-hydrogen) atoms. The minimum absolute atomic E-state index is 0. The molecular formula is C14H25Cl2N3OS. The number of aromatic nitrogens is 1. The van der Waals surface area contributed by atoms with Gasteiger partial charge < -0.3 is 11.1 Å². The molecule has 0 bridgehead atoms. The predicted molar refractivity (Wildman–Crippen MR) is 92.6 cm³/mol. The van der Waals surface area contributed by atoms with Gasteiger partial charge in [-0.2, -0.15) is 0 Å². The second kappa shape index (κ2) is 10.4. The summed E-state index contributed by atoms with van der Waals surface area (Å²) < 4.78 is 0. The van der Waals surface area contributed by atoms with E-state index >= 15 is 0 Å². The lowest BCUT2D eigenvalue weighted by Gasteiger charge is -2.10. The summed E-state index contributed by atoms with van der Waals surface area (Å²) in [7, 11) is 0. The molecule has 1 amide bonds. The van der Waals surface area contributed by atoms with Gasteiger partial charge in [0.1, 0.15) is 0 Å². The lowest BCUT2D eigenvalue weighted by molar-refractivity contribution is -0.124. The molecule has 1 aromatic heterocycles. The van der Waals surface area contributed by atoms with Crippen molar-refractivity contribution in [2.24, 2.45) is 11.7 Å². The van der Waals surface area contributed by atoms with E-state index in [1.807, 2.05) is 6.92 Å². The normalized spacial score (nSPS) is 20.5. The van der Waals surface area contributed by atoms with Gasteiger partial charge in [-0.1, -0.05) is 0 Å². The summed E-state index contributed by atoms with van der Waals surface area (Å²) in [6, 6.07) is 0.226. The number of nitrogens with zero attached hydrogens (tertiary/aromatic N) is 1. The van der Waals surface area contributed by atoms with Crippen LogP contribution in [0.1, 0.15) is 42.8 Å². The fraction of sp³-hybridized carbons (Fsp3) is 0.714. The van der Waals surface area contributed by atoms with Crippen molar-refractivity contribution in [2.75, 3.05) is 6.54 Å². The van der Waals surface area contributed by atoms with Gasteiger partial charge in [0.25, 0.3) is 0 Å². The lowest BCUT2D eigenvalue weighted by atomic mass is 10.1. The van der Waals surface area contributed by atoms with Crippen molar-refractivity contribution in [3.05, 3.63) is 16.1 Å². The zero-order chi connectivity index (χ0) is 13.7. The molecule has 0 spiro atoms. The highest BCUT2D eigenvalue weighted by Crippen LogP contribution is 2.23. The number of hydrogen-bond donors (Lipinski definition) is 2. The fourth-order valence-corrected chi connectivity index (χ4v) is 3.35. The van der Waals surface area contributed by atoms with Gasteiger partial charge in [0.15, 0.2) is 0 Å². The van der Waals surface area contributed by atoms with Crippen molar-refractivity contribution in [3.8, 4) is 0 Å². The first kappa shape index (κ1) is 20.6. The van der Waals surface area contributed by atoms with Crippen molar-refractivity contribution in [1.82, 2.24) is 10.3 Å². The van der Waals surface area contributed by atoms with Crippen LogP contribution in [0.3, 0.4) is 0 Å². The predicted octanol–water partition coefficient (Wildman–Crippen LogP) is 2.86. The van der Waals surface area contributed by atoms with Crippen molar-refractivity contribution in [2.45, 2.75) is 51.5 Å². The summed E-state index contributed by atoms with van der Waals surface area (Å²) in [5.74, 6) is 0.342. The Hall–Kier alpha value is -0.360. The number of aryl methyl sites for hydroxylation is 2. The number of rotatable bonds is 6. The molecule has 2 unspecified atom stereocenters. The Balaban J connectivity index is 0.00000200. The molecule has 2 atom stereocenters. The van der Waals surface area contributed by atoms with E-state index in [-0.39, 0.29) is 42.7 Å². The van der Waals surface area contributed by atoms with Crippen LogP contribution in [-0.2, 0) is 11.2 Å². The highest BCUT2D eigenvalue weighted by atomic mass is 35.5. The molecule has 1 aromatic rings. The maximum absolute atomic E-state index is 11.9. The lowest BCUT2D eigenvalue weighted by Crippen LogP contribution is -2.31. The number of unbranched alkanes of at least 4 members (excludes halogenated alkanes) is 1. The van der Waals surface area contributed by atoms with Gasteiger partial charge in [-0.15, -0.1) is 36.2 Å². The van der Waals surface area contributed by atoms with E-state index in [0.717, 1.165) is 50.8 Å². The minimum Gasteiger partial charge on any atom is -0.356 e. The summed E-state index contributed by atoms with van der Waals surface area (Å²) in [5.41, 5.74) is 6.92. The number of carbonyl (C=O) groups is 1. The third-order valence-corrected chi connectivity index (χ3v) is 4.65. The van der Waals surface area contributed by atoms with Gasteiger partial charge in [0, 0.05) is 29.6 Å². The Morgan fingerprint density at radius 3 is 2.76 bits per heavy atom.